The van der Waals surface area contributed by atoms with Gasteiger partial charge in [-0.15, -0.1) is 0 Å². The summed E-state index contributed by atoms with van der Waals surface area (Å²) < 4.78 is 11.1. The van der Waals surface area contributed by atoms with E-state index in [-0.39, 0.29) is 2.85 Å². The van der Waals surface area contributed by atoms with Gasteiger partial charge in [0.05, 0.1) is 5.60 Å². The molecular formula is C54H84BrN12O6+. The number of nitrogens with two attached hydrogens (primary N) is 2. The van der Waals surface area contributed by atoms with Gasteiger partial charge in [0.2, 0.25) is 0 Å². The number of amides is 2. The Morgan fingerprint density at radius 1 is 0.671 bits per heavy atom. The molecular weight excluding hydrogens is 993 g/mol. The van der Waals surface area contributed by atoms with E-state index in [0.717, 1.165) is 68.6 Å². The van der Waals surface area contributed by atoms with Crippen LogP contribution in [0.4, 0.5) is 32.9 Å². The first-order chi connectivity index (χ1) is 34.3. The minimum atomic E-state index is -0.829. The van der Waals surface area contributed by atoms with E-state index in [1.165, 1.54) is 42.6 Å². The second kappa shape index (κ2) is 28.8. The molecule has 3 saturated heterocycles. The van der Waals surface area contributed by atoms with E-state index in [2.05, 4.69) is 92.3 Å². The number of carbonyl (C=O) groups excluding carboxylic acids is 3. The van der Waals surface area contributed by atoms with Crippen LogP contribution < -0.4 is 22.1 Å². The highest BCUT2D eigenvalue weighted by molar-refractivity contribution is 9.10. The van der Waals surface area contributed by atoms with Crippen LogP contribution in [-0.2, 0) is 19.9 Å². The number of aliphatic hydroxyl groups is 1. The summed E-state index contributed by atoms with van der Waals surface area (Å²) in [7, 11) is 8.41. The van der Waals surface area contributed by atoms with Crippen LogP contribution in [0.2, 0.25) is 0 Å². The van der Waals surface area contributed by atoms with Crippen molar-refractivity contribution >= 4 is 62.7 Å². The molecule has 8 rings (SSSR count). The van der Waals surface area contributed by atoms with Gasteiger partial charge in [0.25, 0.3) is 0 Å². The minimum absolute atomic E-state index is 0. The summed E-state index contributed by atoms with van der Waals surface area (Å²) in [5.41, 5.74) is 13.9. The number of pyridine rings is 4. The van der Waals surface area contributed by atoms with Gasteiger partial charge in [-0.3, -0.25) is 15.4 Å². The summed E-state index contributed by atoms with van der Waals surface area (Å²) in [5, 5.41) is 15.8. The number of piperidine rings is 3. The summed E-state index contributed by atoms with van der Waals surface area (Å²) in [6.07, 6.45) is 14.7. The fourth-order valence-corrected chi connectivity index (χ4v) is 8.02. The topological polar surface area (TPSA) is 231 Å². The maximum Gasteiger partial charge on any atom is 1.00 e. The molecule has 4 aromatic rings. The van der Waals surface area contributed by atoms with Crippen LogP contribution in [0.15, 0.2) is 83.9 Å². The Kier molecular flexibility index (Phi) is 23.6. The molecule has 4 aliphatic rings. The maximum absolute atomic E-state index is 11.7. The zero-order valence-electron chi connectivity index (χ0n) is 45.8. The molecule has 0 saturated carbocycles. The standard InChI is InChI=1S/C16H25N3O3.C11H17N3.C11H15N3.C10H13BrN2O2.C6H11NO.H2/c1-15(2,3)22-14(20)18-13-6-5-12(11-17-13)16(21)7-9-19(4)10-8-16;2*1-14-6-4-9(5-7-14)10-2-3-11(12)13-8-10;1-10(2,3)15-9(14)13-8-5-4-7(11)6-12-8;1-7-4-2-6(8)3-5-7;/h5-6,11,21H,7-10H2,1-4H3,(H,17,18,20);2-3,8-9H,4-7H2,1H3,(H2,12,13);2-4,8H,5-7H2,1H3,(H2,12,13);4-6H,1-3H3,(H,12,13,14);2-5H2,1H3;1H/p+1. The third-order valence-corrected chi connectivity index (χ3v) is 12.7. The van der Waals surface area contributed by atoms with Gasteiger partial charge in [0, 0.05) is 88.4 Å². The van der Waals surface area contributed by atoms with Crippen molar-refractivity contribution in [1.29, 1.82) is 0 Å². The van der Waals surface area contributed by atoms with Crippen molar-refractivity contribution in [2.45, 2.75) is 109 Å². The molecule has 4 aliphatic heterocycles. The van der Waals surface area contributed by atoms with E-state index >= 15 is 0 Å². The Hall–Kier alpha value is -5.57. The monoisotopic (exact) mass is 1080 g/mol. The number of ether oxygens (including phenoxy) is 2. The van der Waals surface area contributed by atoms with Crippen LogP contribution in [0.1, 0.15) is 112 Å². The lowest BCUT2D eigenvalue weighted by Crippen LogP contribution is -2.40. The van der Waals surface area contributed by atoms with Crippen molar-refractivity contribution in [2.24, 2.45) is 0 Å². The number of anilines is 4. The normalized spacial score (nSPS) is 17.8. The highest BCUT2D eigenvalue weighted by Crippen LogP contribution is 2.32. The summed E-state index contributed by atoms with van der Waals surface area (Å²) in [6.45, 7) is 19.0. The predicted octanol–water partition coefficient (Wildman–Crippen LogP) is 9.03. The molecule has 0 unspecified atom stereocenters. The number of hydrogen-bond donors (Lipinski definition) is 5. The third-order valence-electron chi connectivity index (χ3n) is 12.2. The summed E-state index contributed by atoms with van der Waals surface area (Å²) >= 11 is 3.25. The zero-order valence-corrected chi connectivity index (χ0v) is 46.4. The molecule has 19 heteroatoms. The molecule has 0 aromatic carbocycles. The molecule has 7 N–H and O–H groups in total. The molecule has 0 atom stereocenters. The average Bonchev–Trinajstić information content (AvgIpc) is 3.33. The number of halogens is 1. The van der Waals surface area contributed by atoms with Crippen LogP contribution in [0.3, 0.4) is 0 Å². The number of likely N-dealkylation sites (tertiary alicyclic amines) is 3. The minimum Gasteiger partial charge on any atom is -0.444 e. The van der Waals surface area contributed by atoms with Gasteiger partial charge in [-0.25, -0.2) is 29.5 Å². The second-order valence-electron chi connectivity index (χ2n) is 21.0. The first-order valence-electron chi connectivity index (χ1n) is 25.0. The largest absolute Gasteiger partial charge is 1.00 e. The molecule has 0 bridgehead atoms. The average molecular weight is 1080 g/mol. The Balaban J connectivity index is 0.000000328. The fourth-order valence-electron chi connectivity index (χ4n) is 7.78. The Morgan fingerprint density at radius 3 is 1.62 bits per heavy atom. The first-order valence-corrected chi connectivity index (χ1v) is 25.8. The molecule has 2 amide bonds. The Bertz CT molecular complexity index is 2330. The summed E-state index contributed by atoms with van der Waals surface area (Å²) in [4.78, 5) is 59.1. The third kappa shape index (κ3) is 23.5. The maximum atomic E-state index is 11.7. The van der Waals surface area contributed by atoms with Crippen molar-refractivity contribution in [2.75, 3.05) is 103 Å². The summed E-state index contributed by atoms with van der Waals surface area (Å²) in [6, 6.07) is 14.9. The van der Waals surface area contributed by atoms with Crippen LogP contribution in [0.25, 0.3) is 5.57 Å². The number of hydrogen-bond acceptors (Lipinski definition) is 16. The molecule has 402 valence electrons. The van der Waals surface area contributed by atoms with E-state index in [1.54, 1.807) is 51.4 Å². The van der Waals surface area contributed by atoms with E-state index in [1.807, 2.05) is 71.5 Å². The van der Waals surface area contributed by atoms with Gasteiger partial charge >= 0.3 is 13.6 Å². The van der Waals surface area contributed by atoms with Crippen LogP contribution in [0.5, 0.6) is 0 Å². The van der Waals surface area contributed by atoms with Gasteiger partial charge in [-0.05, 0) is 190 Å². The number of nitrogens with zero attached hydrogens (tertiary/aromatic N) is 8. The second-order valence-corrected chi connectivity index (χ2v) is 21.9. The van der Waals surface area contributed by atoms with Crippen LogP contribution >= 0.6 is 15.9 Å². The lowest BCUT2D eigenvalue weighted by atomic mass is 9.85. The number of carbonyl (C=O) groups is 3. The summed E-state index contributed by atoms with van der Waals surface area (Å²) in [5.74, 6) is 3.17. The number of likely N-dealkylation sites (N-methyl/N-ethyl adjacent to an activating group) is 1. The van der Waals surface area contributed by atoms with Gasteiger partial charge < -0.3 is 45.6 Å². The van der Waals surface area contributed by atoms with Gasteiger partial charge in [-0.1, -0.05) is 18.2 Å². The predicted molar refractivity (Wildman–Crippen MR) is 298 cm³/mol. The van der Waals surface area contributed by atoms with E-state index in [9.17, 15) is 19.5 Å². The molecule has 0 aliphatic carbocycles. The molecule has 8 heterocycles. The van der Waals surface area contributed by atoms with E-state index < -0.39 is 29.0 Å². The number of ketones is 1. The van der Waals surface area contributed by atoms with Crippen molar-refractivity contribution in [1.82, 2.24) is 39.5 Å². The number of nitrogens with one attached hydrogen (secondary N) is 2. The Morgan fingerprint density at radius 2 is 1.18 bits per heavy atom. The zero-order chi connectivity index (χ0) is 53.8. The van der Waals surface area contributed by atoms with Crippen molar-refractivity contribution in [3.8, 4) is 0 Å². The molecule has 3 fully saturated rings. The molecule has 73 heavy (non-hydrogen) atoms. The number of nitrogen functional groups attached to an aromatic ring is 2. The van der Waals surface area contributed by atoms with Gasteiger partial charge in [0.1, 0.15) is 40.3 Å². The highest BCUT2D eigenvalue weighted by Gasteiger charge is 2.33. The van der Waals surface area contributed by atoms with E-state index in [0.29, 0.717) is 47.8 Å². The molecule has 0 spiro atoms. The smallest absolute Gasteiger partial charge is 0.444 e. The number of aromatic nitrogens is 4. The molecule has 4 aromatic heterocycles. The SMILES string of the molecule is CC(C)(C)OC(=O)Nc1ccc(Br)cn1.CN1CC=C(c2ccc(N)nc2)CC1.CN1CCC(=O)CC1.CN1CCC(O)(c2ccc(NC(=O)OC(C)(C)C)nc2)CC1.CN1CCC(c2ccc(N)nc2)CC1.[H+].[HH]. The van der Waals surface area contributed by atoms with Crippen LogP contribution in [-0.4, -0.2) is 154 Å². The molecule has 18 nitrogen and oxygen atoms in total. The van der Waals surface area contributed by atoms with Crippen LogP contribution in [0, 0.1) is 0 Å². The van der Waals surface area contributed by atoms with Crippen molar-refractivity contribution in [3.05, 3.63) is 101 Å². The Labute approximate surface area is 444 Å². The quantitative estimate of drug-likeness (QED) is 0.126. The van der Waals surface area contributed by atoms with E-state index in [4.69, 9.17) is 20.9 Å². The number of rotatable bonds is 5. The van der Waals surface area contributed by atoms with Crippen molar-refractivity contribution in [3.63, 3.8) is 0 Å². The lowest BCUT2D eigenvalue weighted by molar-refractivity contribution is -0.121. The number of Topliss-reactive ketones (excluding diaryl/α,β-unsaturated/α-hetero) is 1. The molecule has 0 radical (unpaired) electrons. The lowest BCUT2D eigenvalue weighted by Gasteiger charge is -2.36. The highest BCUT2D eigenvalue weighted by atomic mass is 79.9. The first kappa shape index (κ1) is 60.0. The fraction of sp³-hybridized carbons (Fsp3) is 0.537. The van der Waals surface area contributed by atoms with Crippen molar-refractivity contribution < 1.29 is 31.8 Å². The van der Waals surface area contributed by atoms with Gasteiger partial charge in [0.15, 0.2) is 0 Å². The van der Waals surface area contributed by atoms with Gasteiger partial charge in [-0.2, -0.15) is 0 Å².